The van der Waals surface area contributed by atoms with Crippen LogP contribution in [-0.2, 0) is 5.41 Å². The summed E-state index contributed by atoms with van der Waals surface area (Å²) < 4.78 is 0. The molecule has 0 atom stereocenters. The molecule has 0 fully saturated rings. The average Bonchev–Trinajstić information content (AvgIpc) is 2.69. The van der Waals surface area contributed by atoms with Crippen LogP contribution in [0.25, 0.3) is 21.9 Å². The number of fused-ring (bicyclic) bond motifs is 1. The summed E-state index contributed by atoms with van der Waals surface area (Å²) in [7, 11) is 0. The highest BCUT2D eigenvalue weighted by molar-refractivity contribution is 6.03. The van der Waals surface area contributed by atoms with Crippen molar-refractivity contribution in [1.82, 2.24) is 0 Å². The van der Waals surface area contributed by atoms with Crippen molar-refractivity contribution in [3.63, 3.8) is 0 Å². The molecule has 0 amide bonds. The Morgan fingerprint density at radius 1 is 0.577 bits per heavy atom. The van der Waals surface area contributed by atoms with Gasteiger partial charge >= 0.3 is 0 Å². The van der Waals surface area contributed by atoms with Crippen molar-refractivity contribution >= 4 is 16.5 Å². The third-order valence-electron chi connectivity index (χ3n) is 5.34. The van der Waals surface area contributed by atoms with E-state index in [-0.39, 0.29) is 5.41 Å². The summed E-state index contributed by atoms with van der Waals surface area (Å²) in [6, 6.07) is 32.0. The first-order valence-corrected chi connectivity index (χ1v) is 9.01. The van der Waals surface area contributed by atoms with E-state index in [0.29, 0.717) is 0 Å². The maximum Gasteiger partial charge on any atom is 0.0394 e. The molecular formula is C25H23N. The van der Waals surface area contributed by atoms with Crippen LogP contribution in [0.2, 0.25) is 0 Å². The zero-order valence-corrected chi connectivity index (χ0v) is 15.2. The van der Waals surface area contributed by atoms with Crippen LogP contribution in [0.5, 0.6) is 0 Å². The molecule has 0 heterocycles. The molecule has 4 aromatic rings. The molecule has 0 spiro atoms. The molecule has 1 heteroatoms. The van der Waals surface area contributed by atoms with Crippen molar-refractivity contribution in [3.8, 4) is 11.1 Å². The first kappa shape index (κ1) is 16.4. The van der Waals surface area contributed by atoms with Gasteiger partial charge in [-0.2, -0.15) is 0 Å². The van der Waals surface area contributed by atoms with Crippen molar-refractivity contribution in [2.24, 2.45) is 0 Å². The number of nitrogen functional groups attached to an aromatic ring is 1. The number of anilines is 1. The molecule has 2 N–H and O–H groups in total. The molecule has 0 unspecified atom stereocenters. The Labute approximate surface area is 155 Å². The predicted octanol–water partition coefficient (Wildman–Crippen LogP) is 6.41. The quantitative estimate of drug-likeness (QED) is 0.429. The van der Waals surface area contributed by atoms with Crippen LogP contribution in [0.4, 0.5) is 5.69 Å². The molecule has 0 saturated carbocycles. The maximum atomic E-state index is 6.22. The fraction of sp³-hybridized carbons (Fsp3) is 0.120. The minimum atomic E-state index is -0.0969. The van der Waals surface area contributed by atoms with E-state index in [1.54, 1.807) is 0 Å². The normalized spacial score (nSPS) is 11.6. The third kappa shape index (κ3) is 2.66. The van der Waals surface area contributed by atoms with Crippen molar-refractivity contribution in [2.75, 3.05) is 5.73 Å². The highest BCUT2D eigenvalue weighted by Crippen LogP contribution is 2.40. The molecular weight excluding hydrogens is 314 g/mol. The van der Waals surface area contributed by atoms with Gasteiger partial charge in [-0.25, -0.2) is 0 Å². The van der Waals surface area contributed by atoms with Gasteiger partial charge in [-0.3, -0.25) is 0 Å². The predicted molar refractivity (Wildman–Crippen MR) is 112 cm³/mol. The third-order valence-corrected chi connectivity index (χ3v) is 5.34. The summed E-state index contributed by atoms with van der Waals surface area (Å²) in [6.45, 7) is 4.58. The minimum absolute atomic E-state index is 0.0969. The van der Waals surface area contributed by atoms with Crippen LogP contribution >= 0.6 is 0 Å². The Morgan fingerprint density at radius 3 is 1.96 bits per heavy atom. The summed E-state index contributed by atoms with van der Waals surface area (Å²) in [4.78, 5) is 0. The molecule has 0 aromatic heterocycles. The molecule has 0 aliphatic rings. The highest BCUT2D eigenvalue weighted by Gasteiger charge is 2.26. The molecule has 0 aliphatic carbocycles. The fourth-order valence-corrected chi connectivity index (χ4v) is 3.83. The van der Waals surface area contributed by atoms with Gasteiger partial charge in [0, 0.05) is 16.5 Å². The molecule has 4 rings (SSSR count). The topological polar surface area (TPSA) is 26.0 Å². The van der Waals surface area contributed by atoms with Crippen molar-refractivity contribution in [2.45, 2.75) is 19.3 Å². The van der Waals surface area contributed by atoms with E-state index in [0.717, 1.165) is 11.1 Å². The van der Waals surface area contributed by atoms with E-state index >= 15 is 0 Å². The summed E-state index contributed by atoms with van der Waals surface area (Å²) in [6.07, 6.45) is 0. The average molecular weight is 337 g/mol. The lowest BCUT2D eigenvalue weighted by molar-refractivity contribution is 0.643. The van der Waals surface area contributed by atoms with E-state index < -0.39 is 0 Å². The lowest BCUT2D eigenvalue weighted by Crippen LogP contribution is -2.19. The second kappa shape index (κ2) is 6.34. The summed E-state index contributed by atoms with van der Waals surface area (Å²) in [5, 5.41) is 2.31. The van der Waals surface area contributed by atoms with Gasteiger partial charge in [0.15, 0.2) is 0 Å². The van der Waals surface area contributed by atoms with Gasteiger partial charge in [-0.1, -0.05) is 98.8 Å². The van der Waals surface area contributed by atoms with E-state index in [9.17, 15) is 0 Å². The number of hydrogen-bond donors (Lipinski definition) is 1. The molecule has 0 radical (unpaired) electrons. The molecule has 1 nitrogen and oxygen atoms in total. The van der Waals surface area contributed by atoms with Gasteiger partial charge in [0.2, 0.25) is 0 Å². The monoisotopic (exact) mass is 337 g/mol. The maximum absolute atomic E-state index is 6.22. The van der Waals surface area contributed by atoms with Crippen molar-refractivity contribution < 1.29 is 0 Å². The molecule has 0 aliphatic heterocycles. The molecule has 0 bridgehead atoms. The van der Waals surface area contributed by atoms with Crippen molar-refractivity contribution in [3.05, 3.63) is 102 Å². The summed E-state index contributed by atoms with van der Waals surface area (Å²) in [5.41, 5.74) is 12.1. The molecule has 128 valence electrons. The van der Waals surface area contributed by atoms with Gasteiger partial charge in [-0.15, -0.1) is 0 Å². The smallest absolute Gasteiger partial charge is 0.0394 e. The standard InChI is InChI=1S/C25H23N/c1-25(2,18-10-4-3-5-11-18)23-15-9-8-13-21(23)20-16-17-24(26)22-14-7-6-12-19(20)22/h3-17H,26H2,1-2H3. The van der Waals surface area contributed by atoms with Gasteiger partial charge in [0.25, 0.3) is 0 Å². The fourth-order valence-electron chi connectivity index (χ4n) is 3.83. The first-order chi connectivity index (χ1) is 12.6. The van der Waals surface area contributed by atoms with E-state index in [2.05, 4.69) is 92.7 Å². The Morgan fingerprint density at radius 2 is 1.19 bits per heavy atom. The number of nitrogens with two attached hydrogens (primary N) is 1. The van der Waals surface area contributed by atoms with E-state index in [1.165, 1.54) is 27.6 Å². The Hall–Kier alpha value is -3.06. The van der Waals surface area contributed by atoms with Crippen LogP contribution in [-0.4, -0.2) is 0 Å². The second-order valence-corrected chi connectivity index (χ2v) is 7.28. The zero-order chi connectivity index (χ0) is 18.1. The van der Waals surface area contributed by atoms with Crippen LogP contribution in [0, 0.1) is 0 Å². The summed E-state index contributed by atoms with van der Waals surface area (Å²) in [5.74, 6) is 0. The largest absolute Gasteiger partial charge is 0.398 e. The number of hydrogen-bond acceptors (Lipinski definition) is 1. The second-order valence-electron chi connectivity index (χ2n) is 7.28. The van der Waals surface area contributed by atoms with Crippen LogP contribution in [0.3, 0.4) is 0 Å². The van der Waals surface area contributed by atoms with Crippen LogP contribution in [0.15, 0.2) is 91.0 Å². The van der Waals surface area contributed by atoms with E-state index in [1.807, 2.05) is 12.1 Å². The molecule has 4 aromatic carbocycles. The van der Waals surface area contributed by atoms with Crippen molar-refractivity contribution in [1.29, 1.82) is 0 Å². The lowest BCUT2D eigenvalue weighted by Gasteiger charge is -2.29. The Bertz CT molecular complexity index is 1060. The van der Waals surface area contributed by atoms with Crippen LogP contribution < -0.4 is 5.73 Å². The van der Waals surface area contributed by atoms with Gasteiger partial charge in [0.1, 0.15) is 0 Å². The zero-order valence-electron chi connectivity index (χ0n) is 15.2. The van der Waals surface area contributed by atoms with Gasteiger partial charge < -0.3 is 5.73 Å². The molecule has 0 saturated heterocycles. The van der Waals surface area contributed by atoms with E-state index in [4.69, 9.17) is 5.73 Å². The highest BCUT2D eigenvalue weighted by atomic mass is 14.5. The lowest BCUT2D eigenvalue weighted by atomic mass is 9.74. The first-order valence-electron chi connectivity index (χ1n) is 9.01. The Kier molecular flexibility index (Phi) is 4.00. The Balaban J connectivity index is 1.98. The van der Waals surface area contributed by atoms with Gasteiger partial charge in [0.05, 0.1) is 0 Å². The van der Waals surface area contributed by atoms with Crippen LogP contribution in [0.1, 0.15) is 25.0 Å². The minimum Gasteiger partial charge on any atom is -0.398 e. The summed E-state index contributed by atoms with van der Waals surface area (Å²) >= 11 is 0. The number of benzene rings is 4. The number of rotatable bonds is 3. The van der Waals surface area contributed by atoms with Gasteiger partial charge in [-0.05, 0) is 33.7 Å². The molecule has 26 heavy (non-hydrogen) atoms. The SMILES string of the molecule is CC(C)(c1ccccc1)c1ccccc1-c1ccc(N)c2ccccc12.